The average molecular weight is 582 g/mol. The Morgan fingerprint density at radius 3 is 2.74 bits per heavy atom. The summed E-state index contributed by atoms with van der Waals surface area (Å²) in [5.41, 5.74) is 4.53. The van der Waals surface area contributed by atoms with E-state index in [2.05, 4.69) is 32.7 Å². The maximum Gasteiger partial charge on any atom is 0.257 e. The van der Waals surface area contributed by atoms with Gasteiger partial charge in [0.05, 0.1) is 28.6 Å². The molecule has 2 aliphatic rings. The predicted octanol–water partition coefficient (Wildman–Crippen LogP) is 5.47. The molecule has 0 saturated carbocycles. The van der Waals surface area contributed by atoms with Crippen molar-refractivity contribution in [3.8, 4) is 11.1 Å². The predicted molar refractivity (Wildman–Crippen MR) is 151 cm³/mol. The minimum absolute atomic E-state index is 0.176. The average Bonchev–Trinajstić information content (AvgIpc) is 3.68. The number of alkyl halides is 1. The van der Waals surface area contributed by atoms with Crippen LogP contribution < -0.4 is 10.6 Å². The summed E-state index contributed by atoms with van der Waals surface area (Å²) < 4.78 is 17.5. The minimum atomic E-state index is -1.03. The van der Waals surface area contributed by atoms with Gasteiger partial charge in [-0.2, -0.15) is 5.10 Å². The van der Waals surface area contributed by atoms with E-state index in [1.54, 1.807) is 28.7 Å². The molecule has 0 spiro atoms. The number of fused-ring (bicyclic) bond motifs is 2. The Hall–Kier alpha value is -3.31. The van der Waals surface area contributed by atoms with Gasteiger partial charge in [-0.15, -0.1) is 11.3 Å². The first-order valence-electron chi connectivity index (χ1n) is 12.5. The number of carbonyl (C=O) groups excluding carboxylic acids is 1. The first kappa shape index (κ1) is 24.7. The fourth-order valence-electron chi connectivity index (χ4n) is 5.27. The van der Waals surface area contributed by atoms with Crippen LogP contribution in [-0.4, -0.2) is 49.5 Å². The van der Waals surface area contributed by atoms with E-state index < -0.39 is 18.1 Å². The van der Waals surface area contributed by atoms with Gasteiger partial charge >= 0.3 is 0 Å². The Kier molecular flexibility index (Phi) is 6.15. The minimum Gasteiger partial charge on any atom is -0.331 e. The van der Waals surface area contributed by atoms with E-state index in [0.29, 0.717) is 43.4 Å². The molecule has 8 nitrogen and oxygen atoms in total. The number of amides is 1. The number of hydrogen-bond donors (Lipinski definition) is 2. The van der Waals surface area contributed by atoms with Gasteiger partial charge in [0.2, 0.25) is 0 Å². The van der Waals surface area contributed by atoms with E-state index in [-0.39, 0.29) is 13.0 Å². The fraction of sp³-hybridized carbons (Fsp3) is 0.259. The zero-order chi connectivity index (χ0) is 26.7. The molecule has 2 N–H and O–H groups in total. The van der Waals surface area contributed by atoms with Crippen LogP contribution in [0.2, 0.25) is 10.0 Å². The number of thiazole rings is 1. The first-order chi connectivity index (χ1) is 19.0. The maximum atomic E-state index is 14.3. The lowest BCUT2D eigenvalue weighted by atomic mass is 9.92. The first-order valence-corrected chi connectivity index (χ1v) is 14.2. The van der Waals surface area contributed by atoms with Crippen LogP contribution in [0.3, 0.4) is 0 Å². The van der Waals surface area contributed by atoms with E-state index in [4.69, 9.17) is 28.3 Å². The van der Waals surface area contributed by atoms with E-state index in [0.717, 1.165) is 24.2 Å². The Morgan fingerprint density at radius 1 is 1.21 bits per heavy atom. The molecule has 2 aliphatic heterocycles. The highest BCUT2D eigenvalue weighted by Gasteiger charge is 2.34. The van der Waals surface area contributed by atoms with E-state index in [1.807, 2.05) is 18.2 Å². The zero-order valence-corrected chi connectivity index (χ0v) is 22.8. The van der Waals surface area contributed by atoms with Crippen LogP contribution >= 0.6 is 34.5 Å². The van der Waals surface area contributed by atoms with Crippen molar-refractivity contribution in [1.82, 2.24) is 29.6 Å². The van der Waals surface area contributed by atoms with Crippen LogP contribution in [0.15, 0.2) is 54.4 Å². The lowest BCUT2D eigenvalue weighted by molar-refractivity contribution is -0.118. The van der Waals surface area contributed by atoms with Gasteiger partial charge in [-0.25, -0.2) is 14.4 Å². The molecule has 0 radical (unpaired) electrons. The van der Waals surface area contributed by atoms with Crippen LogP contribution in [-0.2, 0) is 17.8 Å². The largest absolute Gasteiger partial charge is 0.331 e. The van der Waals surface area contributed by atoms with E-state index >= 15 is 0 Å². The highest BCUT2D eigenvalue weighted by molar-refractivity contribution is 7.13. The molecule has 3 aromatic heterocycles. The van der Waals surface area contributed by atoms with Crippen molar-refractivity contribution in [3.05, 3.63) is 81.4 Å². The molecule has 5 aromatic rings. The SMILES string of the molecule is O=C(Nc1nccs1)C(c1ncn2c1CC(F)C2)n1cc2c(Cl)cc(-c3ccc(C4CNC4)cc3)c(Cl)c2n1. The maximum absolute atomic E-state index is 14.3. The van der Waals surface area contributed by atoms with E-state index in [9.17, 15) is 9.18 Å². The number of anilines is 1. The van der Waals surface area contributed by atoms with Crippen LogP contribution in [0.5, 0.6) is 0 Å². The number of carbonyl (C=O) groups is 1. The smallest absolute Gasteiger partial charge is 0.257 e. The number of nitrogens with one attached hydrogen (secondary N) is 2. The van der Waals surface area contributed by atoms with E-state index in [1.165, 1.54) is 21.6 Å². The molecule has 2 aromatic carbocycles. The van der Waals surface area contributed by atoms with Crippen molar-refractivity contribution < 1.29 is 9.18 Å². The molecule has 5 heterocycles. The summed E-state index contributed by atoms with van der Waals surface area (Å²) in [6, 6.07) is 9.16. The zero-order valence-electron chi connectivity index (χ0n) is 20.4. The molecule has 1 amide bonds. The third-order valence-corrected chi connectivity index (χ3v) is 8.79. The highest BCUT2D eigenvalue weighted by atomic mass is 35.5. The summed E-state index contributed by atoms with van der Waals surface area (Å²) in [7, 11) is 0. The number of nitrogens with zero attached hydrogens (tertiary/aromatic N) is 5. The molecular weight excluding hydrogens is 560 g/mol. The summed E-state index contributed by atoms with van der Waals surface area (Å²) in [5, 5.41) is 14.6. The highest BCUT2D eigenvalue weighted by Crippen LogP contribution is 2.40. The van der Waals surface area contributed by atoms with Gasteiger partial charge < -0.3 is 9.88 Å². The molecule has 0 bridgehead atoms. The lowest BCUT2D eigenvalue weighted by Gasteiger charge is -2.27. The number of aromatic nitrogens is 5. The van der Waals surface area contributed by atoms with Gasteiger partial charge in [-0.05, 0) is 17.2 Å². The molecule has 12 heteroatoms. The quantitative estimate of drug-likeness (QED) is 0.277. The number of hydrogen-bond acceptors (Lipinski definition) is 6. The Bertz CT molecular complexity index is 1700. The summed E-state index contributed by atoms with van der Waals surface area (Å²) >= 11 is 15.0. The van der Waals surface area contributed by atoms with Gasteiger partial charge in [0.15, 0.2) is 11.2 Å². The molecule has 2 atom stereocenters. The molecule has 1 saturated heterocycles. The van der Waals surface area contributed by atoms with Crippen molar-refractivity contribution in [3.63, 3.8) is 0 Å². The third kappa shape index (κ3) is 4.31. The second-order valence-electron chi connectivity index (χ2n) is 9.83. The molecule has 0 aliphatic carbocycles. The van der Waals surface area contributed by atoms with Gasteiger partial charge in [0.1, 0.15) is 11.7 Å². The topological polar surface area (TPSA) is 89.7 Å². The number of benzene rings is 2. The second-order valence-corrected chi connectivity index (χ2v) is 11.5. The molecule has 1 fully saturated rings. The number of rotatable bonds is 6. The van der Waals surface area contributed by atoms with Gasteiger partial charge in [-0.3, -0.25) is 14.8 Å². The van der Waals surface area contributed by atoms with Crippen molar-refractivity contribution in [2.75, 3.05) is 18.4 Å². The molecule has 39 heavy (non-hydrogen) atoms. The Morgan fingerprint density at radius 2 is 2.03 bits per heavy atom. The second kappa shape index (κ2) is 9.71. The Labute approximate surface area is 236 Å². The fourth-order valence-corrected chi connectivity index (χ4v) is 6.36. The van der Waals surface area contributed by atoms with Crippen molar-refractivity contribution >= 4 is 56.5 Å². The van der Waals surface area contributed by atoms with Crippen molar-refractivity contribution in [2.24, 2.45) is 0 Å². The molecular formula is C27H22Cl2FN7OS. The lowest BCUT2D eigenvalue weighted by Crippen LogP contribution is -2.39. The van der Waals surface area contributed by atoms with Gasteiger partial charge in [-0.1, -0.05) is 47.5 Å². The molecule has 198 valence electrons. The summed E-state index contributed by atoms with van der Waals surface area (Å²) in [6.07, 6.45) is 4.02. The summed E-state index contributed by atoms with van der Waals surface area (Å²) in [6.45, 7) is 2.18. The van der Waals surface area contributed by atoms with Crippen LogP contribution in [0.25, 0.3) is 22.0 Å². The Balaban J connectivity index is 1.31. The van der Waals surface area contributed by atoms with Crippen LogP contribution in [0.1, 0.15) is 28.9 Å². The van der Waals surface area contributed by atoms with Crippen LogP contribution in [0, 0.1) is 0 Å². The summed E-state index contributed by atoms with van der Waals surface area (Å²) in [4.78, 5) is 22.3. The molecule has 2 unspecified atom stereocenters. The normalized spacial score (nSPS) is 17.8. The van der Waals surface area contributed by atoms with Crippen molar-refractivity contribution in [2.45, 2.75) is 31.1 Å². The standard InChI is InChI=1S/C27H22Cl2FN7OS/c28-20-8-18(15-3-1-14(2-4-15)16-9-31-10-16)22(29)23-19(20)12-37(35-23)25(26(38)34-27-32-5-6-39-27)24-21-7-17(30)11-36(21)13-33-24/h1-6,8,12-13,16-17,25,31H,7,9-11H2,(H,32,34,38). The van der Waals surface area contributed by atoms with Crippen LogP contribution in [0.4, 0.5) is 9.52 Å². The summed E-state index contributed by atoms with van der Waals surface area (Å²) in [5.74, 6) is 0.135. The van der Waals surface area contributed by atoms with Gasteiger partial charge in [0, 0.05) is 59.8 Å². The number of imidazole rings is 1. The number of halogens is 3. The van der Waals surface area contributed by atoms with Gasteiger partial charge in [0.25, 0.3) is 5.91 Å². The molecule has 7 rings (SSSR count). The third-order valence-electron chi connectivity index (χ3n) is 7.40. The monoisotopic (exact) mass is 581 g/mol. The van der Waals surface area contributed by atoms with Crippen molar-refractivity contribution in [1.29, 1.82) is 0 Å².